The summed E-state index contributed by atoms with van der Waals surface area (Å²) < 4.78 is 7.75. The molecule has 4 heteroatoms. The van der Waals surface area contributed by atoms with Crippen molar-refractivity contribution in [3.8, 4) is 0 Å². The summed E-state index contributed by atoms with van der Waals surface area (Å²) in [6, 6.07) is 8.18. The van der Waals surface area contributed by atoms with Crippen molar-refractivity contribution < 1.29 is 9.53 Å². The first-order valence-electron chi connectivity index (χ1n) is 8.34. The van der Waals surface area contributed by atoms with Crippen LogP contribution in [0.2, 0.25) is 0 Å². The van der Waals surface area contributed by atoms with Crippen molar-refractivity contribution in [2.45, 2.75) is 51.2 Å². The van der Waals surface area contributed by atoms with Crippen LogP contribution in [0, 0.1) is 5.92 Å². The van der Waals surface area contributed by atoms with Crippen molar-refractivity contribution in [1.82, 2.24) is 4.57 Å². The van der Waals surface area contributed by atoms with Gasteiger partial charge >= 0.3 is 6.09 Å². The molecule has 2 aromatic rings. The van der Waals surface area contributed by atoms with E-state index in [2.05, 4.69) is 28.2 Å². The zero-order valence-electron chi connectivity index (χ0n) is 12.8. The number of hydrogen-bond acceptors (Lipinski definition) is 2. The summed E-state index contributed by atoms with van der Waals surface area (Å²) in [5, 5.41) is 4.02. The zero-order valence-corrected chi connectivity index (χ0v) is 12.8. The Morgan fingerprint density at radius 1 is 1.18 bits per heavy atom. The first-order chi connectivity index (χ1) is 10.8. The molecule has 0 unspecified atom stereocenters. The number of nitrogens with one attached hydrogen (secondary N) is 1. The predicted molar refractivity (Wildman–Crippen MR) is 87.0 cm³/mol. The van der Waals surface area contributed by atoms with Gasteiger partial charge in [-0.1, -0.05) is 0 Å². The number of hydrogen-bond donors (Lipinski definition) is 1. The topological polar surface area (TPSA) is 43.3 Å². The Bertz CT molecular complexity index is 681. The maximum absolute atomic E-state index is 11.9. The molecule has 2 fully saturated rings. The third kappa shape index (κ3) is 2.96. The van der Waals surface area contributed by atoms with Gasteiger partial charge in [0.1, 0.15) is 6.10 Å². The molecule has 4 rings (SSSR count). The molecule has 0 atom stereocenters. The van der Waals surface area contributed by atoms with E-state index in [1.807, 2.05) is 12.1 Å². The summed E-state index contributed by atoms with van der Waals surface area (Å²) in [6.45, 7) is 1.11. The second-order valence-corrected chi connectivity index (χ2v) is 6.62. The van der Waals surface area contributed by atoms with E-state index in [9.17, 15) is 4.79 Å². The normalized spacial score (nSPS) is 18.7. The molecule has 0 radical (unpaired) electrons. The first-order valence-corrected chi connectivity index (χ1v) is 8.34. The molecule has 22 heavy (non-hydrogen) atoms. The molecular formula is C18H22N2O2. The summed E-state index contributed by atoms with van der Waals surface area (Å²) >= 11 is 0. The Hall–Kier alpha value is -1.97. The highest BCUT2D eigenvalue weighted by Gasteiger charge is 2.22. The summed E-state index contributed by atoms with van der Waals surface area (Å²) in [5.74, 6) is 0.856. The molecule has 0 saturated heterocycles. The predicted octanol–water partition coefficient (Wildman–Crippen LogP) is 4.54. The van der Waals surface area contributed by atoms with Gasteiger partial charge in [0, 0.05) is 29.3 Å². The van der Waals surface area contributed by atoms with Gasteiger partial charge in [-0.25, -0.2) is 4.79 Å². The van der Waals surface area contributed by atoms with Gasteiger partial charge in [-0.15, -0.1) is 0 Å². The second kappa shape index (κ2) is 5.67. The fraction of sp³-hybridized carbons (Fsp3) is 0.500. The molecule has 2 aliphatic rings. The third-order valence-corrected chi connectivity index (χ3v) is 4.75. The van der Waals surface area contributed by atoms with Gasteiger partial charge < -0.3 is 9.30 Å². The monoisotopic (exact) mass is 298 g/mol. The zero-order chi connectivity index (χ0) is 14.9. The number of anilines is 1. The van der Waals surface area contributed by atoms with E-state index in [1.54, 1.807) is 0 Å². The van der Waals surface area contributed by atoms with E-state index in [0.29, 0.717) is 0 Å². The highest BCUT2D eigenvalue weighted by molar-refractivity contribution is 5.90. The number of carbonyl (C=O) groups is 1. The lowest BCUT2D eigenvalue weighted by Crippen LogP contribution is -2.20. The van der Waals surface area contributed by atoms with Gasteiger partial charge in [-0.2, -0.15) is 0 Å². The van der Waals surface area contributed by atoms with E-state index in [0.717, 1.165) is 31.0 Å². The van der Waals surface area contributed by atoms with E-state index in [-0.39, 0.29) is 12.2 Å². The van der Waals surface area contributed by atoms with Crippen LogP contribution >= 0.6 is 0 Å². The fourth-order valence-electron chi connectivity index (χ4n) is 3.32. The smallest absolute Gasteiger partial charge is 0.411 e. The molecular weight excluding hydrogens is 276 g/mol. The number of aromatic nitrogens is 1. The Labute approximate surface area is 130 Å². The maximum Gasteiger partial charge on any atom is 0.411 e. The minimum atomic E-state index is -0.330. The van der Waals surface area contributed by atoms with Crippen LogP contribution in [-0.2, 0) is 11.3 Å². The summed E-state index contributed by atoms with van der Waals surface area (Å²) in [7, 11) is 0. The fourth-order valence-corrected chi connectivity index (χ4v) is 3.32. The minimum absolute atomic E-state index is 0.100. The van der Waals surface area contributed by atoms with Crippen molar-refractivity contribution in [2.24, 2.45) is 5.92 Å². The number of rotatable bonds is 4. The van der Waals surface area contributed by atoms with Gasteiger partial charge in [0.05, 0.1) is 0 Å². The first kappa shape index (κ1) is 13.7. The second-order valence-electron chi connectivity index (χ2n) is 6.62. The average molecular weight is 298 g/mol. The van der Waals surface area contributed by atoms with Crippen molar-refractivity contribution in [3.05, 3.63) is 30.5 Å². The molecule has 0 spiro atoms. The standard InChI is InChI=1S/C18H22N2O2/c21-18(22-16-3-1-2-4-16)19-15-7-8-17-14(11-15)9-10-20(17)12-13-5-6-13/h7-11,13,16H,1-6,12H2,(H,19,21). The molecule has 116 valence electrons. The van der Waals surface area contributed by atoms with Gasteiger partial charge in [-0.05, 0) is 68.7 Å². The van der Waals surface area contributed by atoms with Gasteiger partial charge in [0.2, 0.25) is 0 Å². The van der Waals surface area contributed by atoms with E-state index >= 15 is 0 Å². The van der Waals surface area contributed by atoms with E-state index in [1.165, 1.54) is 36.6 Å². The molecule has 1 aromatic carbocycles. The van der Waals surface area contributed by atoms with E-state index < -0.39 is 0 Å². The number of carbonyl (C=O) groups excluding carboxylic acids is 1. The Balaban J connectivity index is 1.44. The van der Waals surface area contributed by atoms with Crippen molar-refractivity contribution in [2.75, 3.05) is 5.32 Å². The molecule has 1 aromatic heterocycles. The molecule has 1 heterocycles. The molecule has 1 amide bonds. The lowest BCUT2D eigenvalue weighted by Gasteiger charge is -2.12. The molecule has 2 saturated carbocycles. The van der Waals surface area contributed by atoms with Crippen LogP contribution < -0.4 is 5.32 Å². The largest absolute Gasteiger partial charge is 0.446 e. The number of fused-ring (bicyclic) bond motifs is 1. The third-order valence-electron chi connectivity index (χ3n) is 4.75. The van der Waals surface area contributed by atoms with Crippen LogP contribution in [0.25, 0.3) is 10.9 Å². The lowest BCUT2D eigenvalue weighted by molar-refractivity contribution is 0.114. The van der Waals surface area contributed by atoms with Crippen molar-refractivity contribution in [3.63, 3.8) is 0 Å². The number of benzene rings is 1. The molecule has 4 nitrogen and oxygen atoms in total. The quantitative estimate of drug-likeness (QED) is 0.900. The number of nitrogens with zero attached hydrogens (tertiary/aromatic N) is 1. The van der Waals surface area contributed by atoms with Gasteiger partial charge in [0.25, 0.3) is 0 Å². The Morgan fingerprint density at radius 3 is 2.77 bits per heavy atom. The van der Waals surface area contributed by atoms with Crippen LogP contribution in [0.5, 0.6) is 0 Å². The van der Waals surface area contributed by atoms with Crippen LogP contribution in [0.15, 0.2) is 30.5 Å². The maximum atomic E-state index is 11.9. The van der Waals surface area contributed by atoms with Crippen LogP contribution in [-0.4, -0.2) is 16.8 Å². The molecule has 2 aliphatic carbocycles. The van der Waals surface area contributed by atoms with Gasteiger partial charge in [0.15, 0.2) is 0 Å². The van der Waals surface area contributed by atoms with Crippen LogP contribution in [0.1, 0.15) is 38.5 Å². The van der Waals surface area contributed by atoms with Crippen LogP contribution in [0.3, 0.4) is 0 Å². The summed E-state index contributed by atoms with van der Waals surface area (Å²) in [4.78, 5) is 11.9. The molecule has 0 aliphatic heterocycles. The minimum Gasteiger partial charge on any atom is -0.446 e. The van der Waals surface area contributed by atoms with Gasteiger partial charge in [-0.3, -0.25) is 5.32 Å². The lowest BCUT2D eigenvalue weighted by atomic mass is 10.2. The average Bonchev–Trinajstić information content (AvgIpc) is 3.01. The summed E-state index contributed by atoms with van der Waals surface area (Å²) in [6.07, 6.45) is 8.94. The van der Waals surface area contributed by atoms with Crippen molar-refractivity contribution >= 4 is 22.7 Å². The molecule has 1 N–H and O–H groups in total. The SMILES string of the molecule is O=C(Nc1ccc2c(ccn2CC2CC2)c1)OC1CCCC1. The highest BCUT2D eigenvalue weighted by atomic mass is 16.6. The summed E-state index contributed by atoms with van der Waals surface area (Å²) in [5.41, 5.74) is 2.04. The highest BCUT2D eigenvalue weighted by Crippen LogP contribution is 2.32. The Morgan fingerprint density at radius 2 is 2.00 bits per heavy atom. The van der Waals surface area contributed by atoms with Crippen LogP contribution in [0.4, 0.5) is 10.5 Å². The number of ether oxygens (including phenoxy) is 1. The Kier molecular flexibility index (Phi) is 3.53. The molecule has 0 bridgehead atoms. The van der Waals surface area contributed by atoms with E-state index in [4.69, 9.17) is 4.74 Å². The number of amides is 1. The van der Waals surface area contributed by atoms with Crippen molar-refractivity contribution in [1.29, 1.82) is 0 Å².